The molecule has 1 aliphatic heterocycles. The van der Waals surface area contributed by atoms with Crippen LogP contribution in [0.1, 0.15) is 60.4 Å². The zero-order valence-electron chi connectivity index (χ0n) is 18.2. The fourth-order valence-electron chi connectivity index (χ4n) is 4.88. The van der Waals surface area contributed by atoms with Gasteiger partial charge in [-0.3, -0.25) is 24.5 Å². The maximum absolute atomic E-state index is 12.3. The standard InChI is InChI=1S/C25H28N4O2/c1-3-17-10-21-18(11-25(17)31)9-16(13-26-21)15-28-7-8-29(23-12-22(23)28)19-5-6-20(27-14-19)24(30)4-2/h5-6,9-10,13-14,22-23H,3-4,7-8,11-12,15H2,1-2H3/t22-,23+/m1/s1. The Bertz CT molecular complexity index is 1060. The van der Waals surface area contributed by atoms with E-state index in [0.717, 1.165) is 55.0 Å². The van der Waals surface area contributed by atoms with Crippen molar-refractivity contribution in [3.63, 3.8) is 0 Å². The normalized spacial score (nSPS) is 22.6. The first-order valence-electron chi connectivity index (χ1n) is 11.3. The van der Waals surface area contributed by atoms with Crippen LogP contribution in [0, 0.1) is 0 Å². The molecule has 1 saturated heterocycles. The predicted molar refractivity (Wildman–Crippen MR) is 120 cm³/mol. The number of nitrogens with zero attached hydrogens (tertiary/aromatic N) is 4. The number of carbonyl (C=O) groups excluding carboxylic acids is 2. The zero-order valence-corrected chi connectivity index (χ0v) is 18.2. The lowest BCUT2D eigenvalue weighted by Gasteiger charge is -2.35. The maximum atomic E-state index is 12.3. The summed E-state index contributed by atoms with van der Waals surface area (Å²) >= 11 is 0. The predicted octanol–water partition coefficient (Wildman–Crippen LogP) is 3.45. The van der Waals surface area contributed by atoms with Crippen molar-refractivity contribution in [2.24, 2.45) is 0 Å². The summed E-state index contributed by atoms with van der Waals surface area (Å²) in [6, 6.07) is 7.09. The minimum absolute atomic E-state index is 0.0856. The number of rotatable bonds is 6. The Morgan fingerprint density at radius 2 is 2.00 bits per heavy atom. The largest absolute Gasteiger partial charge is 0.364 e. The van der Waals surface area contributed by atoms with Crippen molar-refractivity contribution in [2.75, 3.05) is 18.0 Å². The molecule has 3 heterocycles. The van der Waals surface area contributed by atoms with Gasteiger partial charge in [-0.2, -0.15) is 0 Å². The van der Waals surface area contributed by atoms with Gasteiger partial charge in [0.15, 0.2) is 11.6 Å². The number of carbonyl (C=O) groups is 2. The molecule has 1 saturated carbocycles. The van der Waals surface area contributed by atoms with E-state index in [2.05, 4.69) is 25.8 Å². The molecule has 6 nitrogen and oxygen atoms in total. The quantitative estimate of drug-likeness (QED) is 0.672. The van der Waals surface area contributed by atoms with Gasteiger partial charge in [-0.05, 0) is 47.8 Å². The highest BCUT2D eigenvalue weighted by Gasteiger charge is 2.48. The Hall–Kier alpha value is -2.86. The molecule has 2 aliphatic carbocycles. The second-order valence-corrected chi connectivity index (χ2v) is 8.72. The summed E-state index contributed by atoms with van der Waals surface area (Å²) in [6.07, 6.45) is 8.63. The van der Waals surface area contributed by atoms with Gasteiger partial charge in [-0.15, -0.1) is 0 Å². The van der Waals surface area contributed by atoms with Gasteiger partial charge in [0, 0.05) is 50.8 Å². The molecule has 0 N–H and O–H groups in total. The summed E-state index contributed by atoms with van der Waals surface area (Å²) in [7, 11) is 0. The Kier molecular flexibility index (Phi) is 5.18. The molecule has 2 fully saturated rings. The first-order valence-corrected chi connectivity index (χ1v) is 11.3. The van der Waals surface area contributed by atoms with Crippen molar-refractivity contribution in [2.45, 2.75) is 58.2 Å². The lowest BCUT2D eigenvalue weighted by atomic mass is 9.92. The van der Waals surface area contributed by atoms with Gasteiger partial charge in [0.1, 0.15) is 5.69 Å². The average Bonchev–Trinajstić information content (AvgIpc) is 3.60. The van der Waals surface area contributed by atoms with Gasteiger partial charge in [-0.1, -0.05) is 19.9 Å². The van der Waals surface area contributed by atoms with Gasteiger partial charge in [-0.25, -0.2) is 0 Å². The molecule has 0 unspecified atom stereocenters. The van der Waals surface area contributed by atoms with E-state index < -0.39 is 0 Å². The number of hydrogen-bond acceptors (Lipinski definition) is 6. The third-order valence-corrected chi connectivity index (χ3v) is 6.75. The molecule has 0 aromatic carbocycles. The van der Waals surface area contributed by atoms with E-state index in [1.165, 1.54) is 5.56 Å². The van der Waals surface area contributed by atoms with Crippen LogP contribution >= 0.6 is 0 Å². The number of fused-ring (bicyclic) bond motifs is 2. The second-order valence-electron chi connectivity index (χ2n) is 8.72. The van der Waals surface area contributed by atoms with Crippen molar-refractivity contribution in [3.8, 4) is 0 Å². The highest BCUT2D eigenvalue weighted by Crippen LogP contribution is 2.40. The van der Waals surface area contributed by atoms with Crippen LogP contribution in [0.3, 0.4) is 0 Å². The van der Waals surface area contributed by atoms with Crippen LogP contribution in [0.25, 0.3) is 6.08 Å². The zero-order chi connectivity index (χ0) is 21.5. The molecule has 2 aromatic rings. The molecule has 5 rings (SSSR count). The smallest absolute Gasteiger partial charge is 0.180 e. The van der Waals surface area contributed by atoms with Gasteiger partial charge in [0.2, 0.25) is 0 Å². The summed E-state index contributed by atoms with van der Waals surface area (Å²) in [6.45, 7) is 6.68. The van der Waals surface area contributed by atoms with Crippen LogP contribution in [0.4, 0.5) is 5.69 Å². The Morgan fingerprint density at radius 1 is 1.13 bits per heavy atom. The first-order chi connectivity index (χ1) is 15.1. The van der Waals surface area contributed by atoms with E-state index >= 15 is 0 Å². The molecule has 2 aromatic heterocycles. The van der Waals surface area contributed by atoms with Crippen molar-refractivity contribution in [1.29, 1.82) is 0 Å². The lowest BCUT2D eigenvalue weighted by Crippen LogP contribution is -2.46. The van der Waals surface area contributed by atoms with E-state index in [1.54, 1.807) is 0 Å². The highest BCUT2D eigenvalue weighted by atomic mass is 16.1. The SMILES string of the molecule is CCC(=O)c1ccc(N2CCN(Cc3cnc4c(c3)CC(=O)C(CC)=C4)[C@@H]3C[C@@H]32)cn1. The summed E-state index contributed by atoms with van der Waals surface area (Å²) in [5.74, 6) is 0.313. The average molecular weight is 417 g/mol. The Balaban J connectivity index is 1.25. The third kappa shape index (κ3) is 3.81. The van der Waals surface area contributed by atoms with E-state index in [0.29, 0.717) is 30.6 Å². The molecule has 6 heteroatoms. The van der Waals surface area contributed by atoms with Crippen molar-refractivity contribution in [3.05, 3.63) is 58.7 Å². The van der Waals surface area contributed by atoms with Crippen LogP contribution < -0.4 is 4.90 Å². The minimum atomic E-state index is 0.0856. The van der Waals surface area contributed by atoms with Crippen LogP contribution in [0.5, 0.6) is 0 Å². The van der Waals surface area contributed by atoms with Gasteiger partial charge < -0.3 is 4.90 Å². The summed E-state index contributed by atoms with van der Waals surface area (Å²) < 4.78 is 0. The molecule has 0 amide bonds. The number of allylic oxidation sites excluding steroid dienone is 1. The van der Waals surface area contributed by atoms with Gasteiger partial charge in [0.25, 0.3) is 0 Å². The highest BCUT2D eigenvalue weighted by molar-refractivity contribution is 6.03. The topological polar surface area (TPSA) is 66.4 Å². The number of piperazine rings is 1. The number of pyridine rings is 2. The number of anilines is 1. The Labute approximate surface area is 183 Å². The van der Waals surface area contributed by atoms with Gasteiger partial charge >= 0.3 is 0 Å². The van der Waals surface area contributed by atoms with E-state index in [9.17, 15) is 9.59 Å². The first kappa shape index (κ1) is 20.1. The molecule has 0 radical (unpaired) electrons. The van der Waals surface area contributed by atoms with E-state index in [-0.39, 0.29) is 11.6 Å². The molecule has 0 spiro atoms. The molecule has 160 valence electrons. The second kappa shape index (κ2) is 8.00. The fourth-order valence-corrected chi connectivity index (χ4v) is 4.88. The maximum Gasteiger partial charge on any atom is 0.180 e. The van der Waals surface area contributed by atoms with Crippen molar-refractivity contribution >= 4 is 23.3 Å². The van der Waals surface area contributed by atoms with Gasteiger partial charge in [0.05, 0.1) is 17.6 Å². The van der Waals surface area contributed by atoms with Crippen LogP contribution in [0.15, 0.2) is 36.2 Å². The van der Waals surface area contributed by atoms with Crippen LogP contribution in [-0.2, 0) is 17.8 Å². The summed E-state index contributed by atoms with van der Waals surface area (Å²) in [4.78, 5) is 38.1. The molecular formula is C25H28N4O2. The number of ketones is 2. The van der Waals surface area contributed by atoms with E-state index in [4.69, 9.17) is 0 Å². The van der Waals surface area contributed by atoms with Crippen molar-refractivity contribution in [1.82, 2.24) is 14.9 Å². The Morgan fingerprint density at radius 3 is 2.74 bits per heavy atom. The number of Topliss-reactive ketones (excluding diaryl/α,β-unsaturated/α-hetero) is 2. The summed E-state index contributed by atoms with van der Waals surface area (Å²) in [5, 5.41) is 0. The monoisotopic (exact) mass is 416 g/mol. The molecular weight excluding hydrogens is 388 g/mol. The third-order valence-electron chi connectivity index (χ3n) is 6.75. The van der Waals surface area contributed by atoms with Crippen LogP contribution in [0.2, 0.25) is 0 Å². The lowest BCUT2D eigenvalue weighted by molar-refractivity contribution is -0.115. The molecule has 0 bridgehead atoms. The molecule has 2 atom stereocenters. The van der Waals surface area contributed by atoms with Crippen molar-refractivity contribution < 1.29 is 9.59 Å². The number of hydrogen-bond donors (Lipinski definition) is 0. The molecule has 31 heavy (non-hydrogen) atoms. The number of aromatic nitrogens is 2. The molecule has 3 aliphatic rings. The minimum Gasteiger partial charge on any atom is -0.364 e. The van der Waals surface area contributed by atoms with E-state index in [1.807, 2.05) is 44.4 Å². The summed E-state index contributed by atoms with van der Waals surface area (Å²) in [5.41, 5.74) is 5.73. The van der Waals surface area contributed by atoms with Crippen LogP contribution in [-0.4, -0.2) is 51.6 Å². The fraction of sp³-hybridized carbons (Fsp3) is 0.440.